The minimum Gasteiger partial charge on any atom is -0.494 e. The molecule has 0 fully saturated rings. The Hall–Kier alpha value is -1.63. The quantitative estimate of drug-likeness (QED) is 0.110. The second-order valence-corrected chi connectivity index (χ2v) is 17.4. The third kappa shape index (κ3) is 9.53. The molecule has 0 heterocycles. The normalized spacial score (nSPS) is 20.8. The van der Waals surface area contributed by atoms with E-state index in [0.717, 1.165) is 76.4 Å². The van der Waals surface area contributed by atoms with Gasteiger partial charge in [0.05, 0.1) is 12.7 Å². The van der Waals surface area contributed by atoms with Crippen LogP contribution in [0.2, 0.25) is 18.1 Å². The maximum atomic E-state index is 11.9. The molecule has 1 aliphatic rings. The van der Waals surface area contributed by atoms with Gasteiger partial charge in [0.15, 0.2) is 8.32 Å². The summed E-state index contributed by atoms with van der Waals surface area (Å²) in [5.41, 5.74) is 1.31. The first kappa shape index (κ1) is 32.6. The Morgan fingerprint density at radius 2 is 1.74 bits per heavy atom. The number of aliphatic carboxylic acids is 1. The summed E-state index contributed by atoms with van der Waals surface area (Å²) < 4.78 is 12.1. The number of rotatable bonds is 18. The first-order chi connectivity index (χ1) is 17.9. The molecule has 3 atom stereocenters. The molecule has 2 N–H and O–H groups in total. The van der Waals surface area contributed by atoms with Gasteiger partial charge >= 0.3 is 5.97 Å². The molecule has 2 rings (SSSR count). The van der Waals surface area contributed by atoms with Crippen molar-refractivity contribution in [3.8, 4) is 5.75 Å². The van der Waals surface area contributed by atoms with Gasteiger partial charge in [-0.1, -0.05) is 89.6 Å². The first-order valence-electron chi connectivity index (χ1n) is 14.9. The Labute approximate surface area is 233 Å². The average Bonchev–Trinajstić information content (AvgIpc) is 3.16. The van der Waals surface area contributed by atoms with Gasteiger partial charge in [-0.15, -0.1) is 0 Å². The summed E-state index contributed by atoms with van der Waals surface area (Å²) >= 11 is 0. The van der Waals surface area contributed by atoms with Crippen LogP contribution in [-0.2, 0) is 9.22 Å². The van der Waals surface area contributed by atoms with E-state index in [0.29, 0.717) is 13.0 Å². The number of carbonyl (C=O) groups is 1. The van der Waals surface area contributed by atoms with Crippen molar-refractivity contribution in [1.82, 2.24) is 0 Å². The standard InChI is InChI=1S/C32H54O5Si/c1-7-8-23-32(24-15-10-13-20-28(30(34)35)37-38(5,6)31(2,3)4)26(21-22-29(32)33)17-14-16-25-36-27-18-11-9-12-19-27/h9,11-12,18-19,21,28-29,33H,7-8,10,13-17,20,22-25H2,1-6H3,(H,34,35)/t28?,29-,32+/m0/s1. The number of carboxylic acid groups (broad SMARTS) is 1. The smallest absolute Gasteiger partial charge is 0.331 e. The molecule has 0 saturated heterocycles. The van der Waals surface area contributed by atoms with Crippen LogP contribution in [-0.4, -0.2) is 43.3 Å². The van der Waals surface area contributed by atoms with E-state index < -0.39 is 20.4 Å². The molecule has 0 aliphatic heterocycles. The fraction of sp³-hybridized carbons (Fsp3) is 0.719. The Morgan fingerprint density at radius 1 is 1.05 bits per heavy atom. The van der Waals surface area contributed by atoms with Crippen LogP contribution < -0.4 is 4.74 Å². The summed E-state index contributed by atoms with van der Waals surface area (Å²) in [7, 11) is -2.13. The molecular formula is C32H54O5Si. The summed E-state index contributed by atoms with van der Waals surface area (Å²) in [6.45, 7) is 13.6. The van der Waals surface area contributed by atoms with Crippen LogP contribution in [0.1, 0.15) is 105 Å². The van der Waals surface area contributed by atoms with Crippen LogP contribution in [0.3, 0.4) is 0 Å². The summed E-state index contributed by atoms with van der Waals surface area (Å²) in [5.74, 6) is 0.0714. The van der Waals surface area contributed by atoms with Gasteiger partial charge in [0.2, 0.25) is 0 Å². The highest BCUT2D eigenvalue weighted by atomic mass is 28.4. The largest absolute Gasteiger partial charge is 0.494 e. The molecule has 0 spiro atoms. The number of para-hydroxylation sites is 1. The van der Waals surface area contributed by atoms with Crippen molar-refractivity contribution in [2.24, 2.45) is 5.41 Å². The summed E-state index contributed by atoms with van der Waals surface area (Å²) in [5, 5.41) is 20.9. The Kier molecular flexibility index (Phi) is 13.1. The lowest BCUT2D eigenvalue weighted by Crippen LogP contribution is -2.46. The zero-order valence-electron chi connectivity index (χ0n) is 24.9. The number of benzene rings is 1. The molecule has 38 heavy (non-hydrogen) atoms. The van der Waals surface area contributed by atoms with Gasteiger partial charge in [0, 0.05) is 5.41 Å². The van der Waals surface area contributed by atoms with Crippen LogP contribution in [0.25, 0.3) is 0 Å². The van der Waals surface area contributed by atoms with Gasteiger partial charge in [-0.25, -0.2) is 4.79 Å². The van der Waals surface area contributed by atoms with Gasteiger partial charge < -0.3 is 19.4 Å². The van der Waals surface area contributed by atoms with Crippen LogP contribution in [0.4, 0.5) is 0 Å². The highest BCUT2D eigenvalue weighted by Gasteiger charge is 2.43. The fourth-order valence-electron chi connectivity index (χ4n) is 5.36. The molecule has 216 valence electrons. The topological polar surface area (TPSA) is 76.0 Å². The highest BCUT2D eigenvalue weighted by molar-refractivity contribution is 6.74. The third-order valence-electron chi connectivity index (χ3n) is 8.80. The molecule has 5 nitrogen and oxygen atoms in total. The van der Waals surface area contributed by atoms with E-state index >= 15 is 0 Å². The van der Waals surface area contributed by atoms with Crippen LogP contribution in [0, 0.1) is 5.41 Å². The van der Waals surface area contributed by atoms with E-state index in [1.165, 1.54) is 5.57 Å². The number of unbranched alkanes of at least 4 members (excludes halogenated alkanes) is 4. The Morgan fingerprint density at radius 3 is 2.37 bits per heavy atom. The number of ether oxygens (including phenoxy) is 1. The predicted octanol–water partition coefficient (Wildman–Crippen LogP) is 8.53. The van der Waals surface area contributed by atoms with E-state index in [2.05, 4.69) is 46.9 Å². The molecule has 1 aliphatic carbocycles. The van der Waals surface area contributed by atoms with Crippen molar-refractivity contribution in [1.29, 1.82) is 0 Å². The number of hydrogen-bond acceptors (Lipinski definition) is 4. The first-order valence-corrected chi connectivity index (χ1v) is 17.8. The zero-order valence-corrected chi connectivity index (χ0v) is 25.9. The average molecular weight is 547 g/mol. The molecule has 0 radical (unpaired) electrons. The van der Waals surface area contributed by atoms with Gasteiger partial charge in [-0.3, -0.25) is 0 Å². The molecule has 0 aromatic heterocycles. The molecule has 1 unspecified atom stereocenters. The number of carboxylic acids is 1. The van der Waals surface area contributed by atoms with Crippen LogP contribution in [0.5, 0.6) is 5.75 Å². The van der Waals surface area contributed by atoms with Crippen molar-refractivity contribution in [3.63, 3.8) is 0 Å². The molecule has 0 amide bonds. The third-order valence-corrected chi connectivity index (χ3v) is 13.3. The van der Waals surface area contributed by atoms with Crippen molar-refractivity contribution < 1.29 is 24.2 Å². The second kappa shape index (κ2) is 15.2. The molecule has 0 saturated carbocycles. The highest BCUT2D eigenvalue weighted by Crippen LogP contribution is 2.49. The predicted molar refractivity (Wildman–Crippen MR) is 159 cm³/mol. The van der Waals surface area contributed by atoms with Gasteiger partial charge in [0.1, 0.15) is 11.9 Å². The van der Waals surface area contributed by atoms with Gasteiger partial charge in [0.25, 0.3) is 0 Å². The van der Waals surface area contributed by atoms with Gasteiger partial charge in [-0.05, 0) is 75.2 Å². The van der Waals surface area contributed by atoms with Gasteiger partial charge in [-0.2, -0.15) is 0 Å². The lowest BCUT2D eigenvalue weighted by molar-refractivity contribution is -0.146. The number of aliphatic hydroxyl groups excluding tert-OH is 1. The summed E-state index contributed by atoms with van der Waals surface area (Å²) in [6.07, 6.45) is 12.7. The maximum Gasteiger partial charge on any atom is 0.331 e. The Bertz CT molecular complexity index is 860. The second-order valence-electron chi connectivity index (χ2n) is 12.7. The van der Waals surface area contributed by atoms with Crippen molar-refractivity contribution in [2.75, 3.05) is 6.61 Å². The lowest BCUT2D eigenvalue weighted by atomic mass is 9.70. The summed E-state index contributed by atoms with van der Waals surface area (Å²) in [4.78, 5) is 11.9. The van der Waals surface area contributed by atoms with E-state index in [-0.39, 0.29) is 16.6 Å². The minimum atomic E-state index is -2.13. The van der Waals surface area contributed by atoms with Crippen molar-refractivity contribution >= 4 is 14.3 Å². The maximum absolute atomic E-state index is 11.9. The minimum absolute atomic E-state index is 0.0125. The van der Waals surface area contributed by atoms with E-state index in [1.807, 2.05) is 30.3 Å². The SMILES string of the molecule is CCCC[C@@]1(CCCCCC(O[Si](C)(C)C(C)(C)C)C(=O)O)C(CCCCOc2ccccc2)=CC[C@@H]1O. The number of hydrogen-bond donors (Lipinski definition) is 2. The Balaban J connectivity index is 1.87. The molecule has 6 heteroatoms. The van der Waals surface area contributed by atoms with Crippen molar-refractivity contribution in [3.05, 3.63) is 42.0 Å². The zero-order chi connectivity index (χ0) is 28.2. The van der Waals surface area contributed by atoms with E-state index in [9.17, 15) is 15.0 Å². The monoisotopic (exact) mass is 546 g/mol. The summed E-state index contributed by atoms with van der Waals surface area (Å²) in [6, 6.07) is 9.96. The van der Waals surface area contributed by atoms with Crippen LogP contribution >= 0.6 is 0 Å². The fourth-order valence-corrected chi connectivity index (χ4v) is 6.64. The van der Waals surface area contributed by atoms with E-state index in [4.69, 9.17) is 9.16 Å². The molecular weight excluding hydrogens is 492 g/mol. The molecule has 1 aromatic carbocycles. The van der Waals surface area contributed by atoms with Crippen molar-refractivity contribution in [2.45, 2.75) is 135 Å². The van der Waals surface area contributed by atoms with E-state index in [1.54, 1.807) is 0 Å². The lowest BCUT2D eigenvalue weighted by Gasteiger charge is -2.38. The molecule has 1 aromatic rings. The molecule has 0 bridgehead atoms. The van der Waals surface area contributed by atoms with Crippen LogP contribution in [0.15, 0.2) is 42.0 Å². The number of aliphatic hydroxyl groups is 1.